The molecule has 1 aromatic heterocycles. The molecule has 1 unspecified atom stereocenters. The summed E-state index contributed by atoms with van der Waals surface area (Å²) in [5, 5.41) is 8.48. The summed E-state index contributed by atoms with van der Waals surface area (Å²) < 4.78 is 1.81. The fourth-order valence-corrected chi connectivity index (χ4v) is 5.43. The Balaban J connectivity index is 1.48. The van der Waals surface area contributed by atoms with Crippen molar-refractivity contribution in [2.45, 2.75) is 57.9 Å². The van der Waals surface area contributed by atoms with Gasteiger partial charge in [0.2, 0.25) is 5.91 Å². The molecule has 7 heteroatoms. The number of carbonyl (C=O) groups excluding carboxylic acids is 2. The lowest BCUT2D eigenvalue weighted by molar-refractivity contribution is -0.121. The van der Waals surface area contributed by atoms with E-state index in [-0.39, 0.29) is 5.91 Å². The third-order valence-corrected chi connectivity index (χ3v) is 7.26. The van der Waals surface area contributed by atoms with Crippen molar-refractivity contribution in [1.82, 2.24) is 20.0 Å². The number of aldehydes is 1. The maximum atomic E-state index is 11.8. The Labute approximate surface area is 191 Å². The quantitative estimate of drug-likeness (QED) is 0.639. The van der Waals surface area contributed by atoms with Gasteiger partial charge in [0.15, 0.2) is 0 Å². The normalized spacial score (nSPS) is 19.2. The zero-order chi connectivity index (χ0) is 22.5. The Bertz CT molecular complexity index is 926. The van der Waals surface area contributed by atoms with Gasteiger partial charge in [0.25, 0.3) is 0 Å². The molecule has 1 aliphatic heterocycles. The highest BCUT2D eigenvalue weighted by molar-refractivity contribution is 5.95. The number of anilines is 1. The first kappa shape index (κ1) is 22.8. The van der Waals surface area contributed by atoms with Gasteiger partial charge in [0.1, 0.15) is 12.3 Å². The second-order valence-corrected chi connectivity index (χ2v) is 9.41. The van der Waals surface area contributed by atoms with E-state index in [1.807, 2.05) is 17.7 Å². The van der Waals surface area contributed by atoms with Crippen molar-refractivity contribution in [2.24, 2.45) is 5.92 Å². The molecular weight excluding hydrogens is 402 g/mol. The molecule has 174 valence electrons. The molecule has 1 aromatic carbocycles. The number of rotatable bonds is 8. The average molecular weight is 440 g/mol. The summed E-state index contributed by atoms with van der Waals surface area (Å²) in [6.07, 6.45) is 8.68. The summed E-state index contributed by atoms with van der Waals surface area (Å²) in [4.78, 5) is 28.6. The van der Waals surface area contributed by atoms with Gasteiger partial charge in [0.05, 0.1) is 11.2 Å². The molecule has 1 saturated heterocycles. The second-order valence-electron chi connectivity index (χ2n) is 9.41. The maximum Gasteiger partial charge on any atom is 0.219 e. The van der Waals surface area contributed by atoms with Crippen molar-refractivity contribution in [3.8, 4) is 0 Å². The average Bonchev–Trinajstić information content (AvgIpc) is 3.17. The molecule has 2 heterocycles. The van der Waals surface area contributed by atoms with Crippen molar-refractivity contribution < 1.29 is 9.59 Å². The van der Waals surface area contributed by atoms with Crippen LogP contribution in [-0.2, 0) is 9.59 Å². The highest BCUT2D eigenvalue weighted by Crippen LogP contribution is 2.33. The van der Waals surface area contributed by atoms with Gasteiger partial charge in [0, 0.05) is 57.3 Å². The fourth-order valence-electron chi connectivity index (χ4n) is 5.43. The molecule has 0 radical (unpaired) electrons. The maximum absolute atomic E-state index is 11.8. The van der Waals surface area contributed by atoms with Gasteiger partial charge in [-0.1, -0.05) is 25.3 Å². The molecule has 1 saturated carbocycles. The molecule has 0 spiro atoms. The Morgan fingerprint density at radius 1 is 1.19 bits per heavy atom. The van der Waals surface area contributed by atoms with E-state index in [9.17, 15) is 9.59 Å². The molecule has 32 heavy (non-hydrogen) atoms. The lowest BCUT2D eigenvalue weighted by atomic mass is 9.89. The minimum absolute atomic E-state index is 0.0585. The predicted octanol–water partition coefficient (Wildman–Crippen LogP) is 3.31. The van der Waals surface area contributed by atoms with Crippen LogP contribution in [0.5, 0.6) is 0 Å². The van der Waals surface area contributed by atoms with Crippen LogP contribution in [0.1, 0.15) is 56.7 Å². The van der Waals surface area contributed by atoms with Crippen LogP contribution in [0.15, 0.2) is 18.2 Å². The first-order chi connectivity index (χ1) is 15.6. The number of hydrogen-bond donors (Lipinski definition) is 1. The monoisotopic (exact) mass is 439 g/mol. The Kier molecular flexibility index (Phi) is 7.45. The van der Waals surface area contributed by atoms with Crippen LogP contribution >= 0.6 is 0 Å². The van der Waals surface area contributed by atoms with Gasteiger partial charge in [-0.15, -0.1) is 0 Å². The minimum Gasteiger partial charge on any atom is -0.368 e. The number of aryl methyl sites for hydroxylation is 1. The van der Waals surface area contributed by atoms with Gasteiger partial charge >= 0.3 is 0 Å². The zero-order valence-corrected chi connectivity index (χ0v) is 19.6. The number of fused-ring (bicyclic) bond motifs is 1. The molecule has 2 fully saturated rings. The third-order valence-electron chi connectivity index (χ3n) is 7.26. The Hall–Kier alpha value is -2.41. The molecule has 1 aliphatic carbocycles. The summed E-state index contributed by atoms with van der Waals surface area (Å²) in [6, 6.07) is 5.84. The standard InChI is InChI=1S/C25H37N5O2/c1-19-25-22(29-15-13-28(14-16-29)17-20-7-4-3-5-8-20)9-6-10-23(25)30(27-19)21(18-31)11-12-24(32)26-2/h6,9-10,18,20-21H,3-5,7-8,11-17H2,1-2H3,(H,26,32). The van der Waals surface area contributed by atoms with Crippen LogP contribution in [0, 0.1) is 12.8 Å². The highest BCUT2D eigenvalue weighted by Gasteiger charge is 2.25. The van der Waals surface area contributed by atoms with E-state index in [0.29, 0.717) is 12.8 Å². The van der Waals surface area contributed by atoms with Crippen LogP contribution in [0.3, 0.4) is 0 Å². The van der Waals surface area contributed by atoms with Crippen LogP contribution < -0.4 is 10.2 Å². The van der Waals surface area contributed by atoms with Crippen LogP contribution in [0.4, 0.5) is 5.69 Å². The number of nitrogens with one attached hydrogen (secondary N) is 1. The Morgan fingerprint density at radius 3 is 2.62 bits per heavy atom. The van der Waals surface area contributed by atoms with Crippen molar-refractivity contribution in [1.29, 1.82) is 0 Å². The summed E-state index contributed by atoms with van der Waals surface area (Å²) in [5.74, 6) is 0.825. The highest BCUT2D eigenvalue weighted by atomic mass is 16.1. The number of nitrogens with zero attached hydrogens (tertiary/aromatic N) is 4. The number of benzene rings is 1. The molecule has 4 rings (SSSR count). The summed E-state index contributed by atoms with van der Waals surface area (Å²) in [5.41, 5.74) is 3.12. The second kappa shape index (κ2) is 10.5. The third kappa shape index (κ3) is 4.98. The first-order valence-electron chi connectivity index (χ1n) is 12.2. The van der Waals surface area contributed by atoms with E-state index < -0.39 is 6.04 Å². The molecule has 2 aliphatic rings. The number of carbonyl (C=O) groups is 2. The van der Waals surface area contributed by atoms with E-state index in [2.05, 4.69) is 27.2 Å². The zero-order valence-electron chi connectivity index (χ0n) is 19.6. The van der Waals surface area contributed by atoms with E-state index >= 15 is 0 Å². The van der Waals surface area contributed by atoms with Crippen molar-refractivity contribution >= 4 is 28.8 Å². The molecule has 0 bridgehead atoms. The van der Waals surface area contributed by atoms with Crippen LogP contribution in [-0.4, -0.2) is 66.6 Å². The molecule has 1 amide bonds. The lowest BCUT2D eigenvalue weighted by Crippen LogP contribution is -2.48. The lowest BCUT2D eigenvalue weighted by Gasteiger charge is -2.38. The van der Waals surface area contributed by atoms with Crippen molar-refractivity contribution in [2.75, 3.05) is 44.7 Å². The topological polar surface area (TPSA) is 70.5 Å². The molecule has 1 atom stereocenters. The largest absolute Gasteiger partial charge is 0.368 e. The van der Waals surface area contributed by atoms with E-state index in [1.165, 1.54) is 44.3 Å². The summed E-state index contributed by atoms with van der Waals surface area (Å²) >= 11 is 0. The summed E-state index contributed by atoms with van der Waals surface area (Å²) in [7, 11) is 1.62. The van der Waals surface area contributed by atoms with Crippen molar-refractivity contribution in [3.63, 3.8) is 0 Å². The van der Waals surface area contributed by atoms with E-state index in [0.717, 1.165) is 55.0 Å². The van der Waals surface area contributed by atoms with Gasteiger partial charge in [-0.2, -0.15) is 5.10 Å². The number of aromatic nitrogens is 2. The number of piperazine rings is 1. The van der Waals surface area contributed by atoms with E-state index in [4.69, 9.17) is 5.10 Å². The van der Waals surface area contributed by atoms with Gasteiger partial charge < -0.3 is 15.0 Å². The van der Waals surface area contributed by atoms with E-state index in [1.54, 1.807) is 7.05 Å². The SMILES string of the molecule is CNC(=O)CCC(C=O)n1nc(C)c2c(N3CCN(CC4CCCCC4)CC3)cccc21. The fraction of sp³-hybridized carbons (Fsp3) is 0.640. The van der Waals surface area contributed by atoms with Gasteiger partial charge in [-0.25, -0.2) is 0 Å². The minimum atomic E-state index is -0.439. The number of amides is 1. The van der Waals surface area contributed by atoms with Crippen molar-refractivity contribution in [3.05, 3.63) is 23.9 Å². The smallest absolute Gasteiger partial charge is 0.219 e. The number of hydrogen-bond acceptors (Lipinski definition) is 5. The van der Waals surface area contributed by atoms with Gasteiger partial charge in [-0.3, -0.25) is 14.4 Å². The Morgan fingerprint density at radius 2 is 1.94 bits per heavy atom. The predicted molar refractivity (Wildman–Crippen MR) is 128 cm³/mol. The molecule has 7 nitrogen and oxygen atoms in total. The van der Waals surface area contributed by atoms with Crippen LogP contribution in [0.2, 0.25) is 0 Å². The molecule has 2 aromatic rings. The summed E-state index contributed by atoms with van der Waals surface area (Å²) in [6.45, 7) is 7.50. The molecular formula is C25H37N5O2. The van der Waals surface area contributed by atoms with Crippen LogP contribution in [0.25, 0.3) is 10.9 Å². The molecule has 1 N–H and O–H groups in total. The van der Waals surface area contributed by atoms with Gasteiger partial charge in [-0.05, 0) is 44.2 Å². The first-order valence-corrected chi connectivity index (χ1v) is 12.2.